The molecule has 4 bridgehead atoms. The zero-order valence-electron chi connectivity index (χ0n) is 19.3. The summed E-state index contributed by atoms with van der Waals surface area (Å²) < 4.78 is 18.2. The highest BCUT2D eigenvalue weighted by Crippen LogP contribution is 2.85. The average Bonchev–Trinajstić information content (AvgIpc) is 2.97. The summed E-state index contributed by atoms with van der Waals surface area (Å²) in [6.07, 6.45) is -0.933. The van der Waals surface area contributed by atoms with Gasteiger partial charge in [-0.15, -0.1) is 0 Å². The predicted molar refractivity (Wildman–Crippen MR) is 110 cm³/mol. The van der Waals surface area contributed by atoms with E-state index in [2.05, 4.69) is 6.58 Å². The predicted octanol–water partition coefficient (Wildman–Crippen LogP) is 2.61. The van der Waals surface area contributed by atoms with E-state index in [0.717, 1.165) is 5.57 Å². The van der Waals surface area contributed by atoms with Crippen molar-refractivity contribution in [3.8, 4) is 0 Å². The lowest BCUT2D eigenvalue weighted by molar-refractivity contribution is -0.244. The van der Waals surface area contributed by atoms with Crippen molar-refractivity contribution in [2.75, 3.05) is 0 Å². The van der Waals surface area contributed by atoms with Crippen molar-refractivity contribution in [2.24, 2.45) is 21.7 Å². The van der Waals surface area contributed by atoms with Crippen LogP contribution >= 0.6 is 0 Å². The van der Waals surface area contributed by atoms with Gasteiger partial charge >= 0.3 is 11.9 Å². The number of carbonyl (C=O) groups is 4. The molecule has 0 aromatic rings. The minimum Gasteiger partial charge on any atom is -0.458 e. The minimum absolute atomic E-state index is 0.0573. The number of hydrogen-bond acceptors (Lipinski definition) is 7. The van der Waals surface area contributed by atoms with Gasteiger partial charge in [0.2, 0.25) is 0 Å². The minimum atomic E-state index is -1.55. The van der Waals surface area contributed by atoms with Crippen molar-refractivity contribution < 1.29 is 33.4 Å². The van der Waals surface area contributed by atoms with E-state index in [1.165, 1.54) is 6.92 Å². The van der Waals surface area contributed by atoms with Crippen LogP contribution in [0.5, 0.6) is 0 Å². The van der Waals surface area contributed by atoms with Gasteiger partial charge in [0, 0.05) is 11.0 Å². The molecule has 3 aliphatic carbocycles. The number of Topliss-reactive ketones (excluding diaryl/α,β-unsaturated/α-hetero) is 2. The molecule has 0 aromatic carbocycles. The van der Waals surface area contributed by atoms with Crippen molar-refractivity contribution in [3.05, 3.63) is 23.3 Å². The van der Waals surface area contributed by atoms with Gasteiger partial charge in [0.25, 0.3) is 0 Å². The van der Waals surface area contributed by atoms with Gasteiger partial charge in [-0.05, 0) is 58.6 Å². The van der Waals surface area contributed by atoms with Crippen LogP contribution in [0.1, 0.15) is 60.8 Å². The van der Waals surface area contributed by atoms with Gasteiger partial charge in [-0.3, -0.25) is 19.2 Å². The van der Waals surface area contributed by atoms with Gasteiger partial charge in [0.1, 0.15) is 22.9 Å². The molecule has 0 N–H and O–H groups in total. The first-order chi connectivity index (χ1) is 14.7. The third-order valence-electron chi connectivity index (χ3n) is 10.1. The fourth-order valence-corrected chi connectivity index (χ4v) is 9.12. The van der Waals surface area contributed by atoms with Crippen LogP contribution in [-0.2, 0) is 33.4 Å². The van der Waals surface area contributed by atoms with Crippen LogP contribution in [-0.4, -0.2) is 46.9 Å². The van der Waals surface area contributed by atoms with Crippen LogP contribution in [0.25, 0.3) is 0 Å². The molecule has 3 heterocycles. The molecule has 7 heteroatoms. The van der Waals surface area contributed by atoms with Gasteiger partial charge in [0.05, 0.1) is 23.4 Å². The van der Waals surface area contributed by atoms with Crippen molar-refractivity contribution >= 4 is 23.5 Å². The van der Waals surface area contributed by atoms with Gasteiger partial charge in [-0.1, -0.05) is 13.5 Å². The number of ether oxygens (including phenoxy) is 3. The van der Waals surface area contributed by atoms with E-state index in [1.54, 1.807) is 27.7 Å². The van der Waals surface area contributed by atoms with Crippen LogP contribution in [0.3, 0.4) is 0 Å². The fourth-order valence-electron chi connectivity index (χ4n) is 9.12. The van der Waals surface area contributed by atoms with Crippen LogP contribution in [0.15, 0.2) is 23.3 Å². The average molecular weight is 440 g/mol. The largest absolute Gasteiger partial charge is 0.458 e. The zero-order valence-corrected chi connectivity index (χ0v) is 19.3. The molecule has 170 valence electrons. The molecule has 0 unspecified atom stereocenters. The Labute approximate surface area is 186 Å². The van der Waals surface area contributed by atoms with Gasteiger partial charge in [-0.2, -0.15) is 0 Å². The number of fused-ring (bicyclic) bond motifs is 4. The molecule has 0 amide bonds. The maximum absolute atomic E-state index is 14.3. The number of ketones is 2. The molecule has 6 aliphatic rings. The van der Waals surface area contributed by atoms with Crippen LogP contribution < -0.4 is 0 Å². The van der Waals surface area contributed by atoms with Crippen LogP contribution in [0.2, 0.25) is 0 Å². The van der Waals surface area contributed by atoms with E-state index in [9.17, 15) is 19.2 Å². The Balaban J connectivity index is 1.83. The SMILES string of the molecule is C=C1[C@@]2(C)C[C@@]3(C(C)=O)C4=C([C@H]5C[C@]3(C)[C@]13C(=O)O[C@@H](C)[C@@]3(O5)C2=O)C(C)(C)OC(=O)C4. The third-order valence-corrected chi connectivity index (χ3v) is 10.1. The molecule has 3 aliphatic heterocycles. The monoisotopic (exact) mass is 440 g/mol. The topological polar surface area (TPSA) is 96.0 Å². The summed E-state index contributed by atoms with van der Waals surface area (Å²) in [5.41, 5.74) is -5.48. The Morgan fingerprint density at radius 1 is 1.12 bits per heavy atom. The molecule has 7 atom stereocenters. The summed E-state index contributed by atoms with van der Waals surface area (Å²) in [7, 11) is 0. The lowest BCUT2D eigenvalue weighted by Crippen LogP contribution is -2.75. The zero-order chi connectivity index (χ0) is 23.4. The smallest absolute Gasteiger partial charge is 0.320 e. The van der Waals surface area contributed by atoms with Gasteiger partial charge < -0.3 is 14.2 Å². The second kappa shape index (κ2) is 4.96. The molecular formula is C25H28O7. The Morgan fingerprint density at radius 2 is 1.78 bits per heavy atom. The Hall–Kier alpha value is -2.28. The van der Waals surface area contributed by atoms with E-state index in [-0.39, 0.29) is 24.4 Å². The summed E-state index contributed by atoms with van der Waals surface area (Å²) >= 11 is 0. The van der Waals surface area contributed by atoms with Crippen molar-refractivity contribution in [1.82, 2.24) is 0 Å². The fraction of sp³-hybridized carbons (Fsp3) is 0.680. The van der Waals surface area contributed by atoms with E-state index < -0.39 is 57.0 Å². The maximum Gasteiger partial charge on any atom is 0.320 e. The highest BCUT2D eigenvalue weighted by atomic mass is 16.6. The van der Waals surface area contributed by atoms with E-state index in [1.807, 2.05) is 6.92 Å². The number of esters is 2. The molecule has 2 saturated carbocycles. The lowest BCUT2D eigenvalue weighted by Gasteiger charge is -2.68. The van der Waals surface area contributed by atoms with Gasteiger partial charge in [-0.25, -0.2) is 0 Å². The molecule has 4 fully saturated rings. The number of cyclic esters (lactones) is 2. The first kappa shape index (κ1) is 20.3. The molecule has 32 heavy (non-hydrogen) atoms. The Kier molecular flexibility index (Phi) is 3.15. The summed E-state index contributed by atoms with van der Waals surface area (Å²) in [5, 5.41) is 0. The molecule has 0 radical (unpaired) electrons. The number of carbonyl (C=O) groups excluding carboxylic acids is 4. The second-order valence-electron chi connectivity index (χ2n) is 11.5. The van der Waals surface area contributed by atoms with Crippen molar-refractivity contribution in [1.29, 1.82) is 0 Å². The van der Waals surface area contributed by atoms with E-state index in [4.69, 9.17) is 14.2 Å². The highest BCUT2D eigenvalue weighted by Gasteiger charge is 2.94. The number of hydrogen-bond donors (Lipinski definition) is 0. The van der Waals surface area contributed by atoms with Crippen molar-refractivity contribution in [2.45, 2.75) is 84.2 Å². The standard InChI is InChI=1S/C25H28O7/c1-11-21(6)10-23(12(2)26)14-8-16(27)32-20(4,5)17(14)15-9-22(23,7)24(11)19(29)30-13(3)25(24,31-15)18(21)28/h13,15H,1,8-10H2,2-7H3/t13-,15+,21+,22-,23+,24+,25+/m0/s1. The molecule has 6 rings (SSSR count). The first-order valence-electron chi connectivity index (χ1n) is 11.3. The Bertz CT molecular complexity index is 1140. The quantitative estimate of drug-likeness (QED) is 0.457. The maximum atomic E-state index is 14.3. The molecule has 1 spiro atoms. The molecule has 2 saturated heterocycles. The summed E-state index contributed by atoms with van der Waals surface area (Å²) in [6, 6.07) is 0. The van der Waals surface area contributed by atoms with E-state index in [0.29, 0.717) is 17.6 Å². The van der Waals surface area contributed by atoms with Gasteiger partial charge in [0.15, 0.2) is 11.4 Å². The second-order valence-corrected chi connectivity index (χ2v) is 11.5. The normalized spacial score (nSPS) is 51.9. The first-order valence-corrected chi connectivity index (χ1v) is 11.3. The Morgan fingerprint density at radius 3 is 2.41 bits per heavy atom. The summed E-state index contributed by atoms with van der Waals surface area (Å²) in [4.78, 5) is 54.6. The van der Waals surface area contributed by atoms with Crippen LogP contribution in [0.4, 0.5) is 0 Å². The van der Waals surface area contributed by atoms with E-state index >= 15 is 0 Å². The summed E-state index contributed by atoms with van der Waals surface area (Å²) in [6.45, 7) is 14.8. The third kappa shape index (κ3) is 1.48. The molecular weight excluding hydrogens is 412 g/mol. The lowest BCUT2D eigenvalue weighted by atomic mass is 9.34. The highest BCUT2D eigenvalue weighted by molar-refractivity contribution is 6.13. The van der Waals surface area contributed by atoms with Crippen molar-refractivity contribution in [3.63, 3.8) is 0 Å². The van der Waals surface area contributed by atoms with Crippen LogP contribution in [0, 0.1) is 21.7 Å². The molecule has 7 nitrogen and oxygen atoms in total. The molecule has 0 aromatic heterocycles. The summed E-state index contributed by atoms with van der Waals surface area (Å²) in [5.74, 6) is -1.35. The number of rotatable bonds is 1.